The summed E-state index contributed by atoms with van der Waals surface area (Å²) in [6.07, 6.45) is 7.80. The molecule has 0 unspecified atom stereocenters. The molecule has 0 atom stereocenters. The van der Waals surface area contributed by atoms with Gasteiger partial charge in [0.2, 0.25) is 0 Å². The number of carbonyl (C=O) groups is 1. The maximum atomic E-state index is 10.9. The summed E-state index contributed by atoms with van der Waals surface area (Å²) in [5.74, 6) is -0.906. The predicted molar refractivity (Wildman–Crippen MR) is 76.8 cm³/mol. The first kappa shape index (κ1) is 12.5. The highest BCUT2D eigenvalue weighted by molar-refractivity contribution is 8.00. The molecule has 1 aliphatic carbocycles. The zero-order valence-electron chi connectivity index (χ0n) is 10.8. The Morgan fingerprint density at radius 1 is 1.53 bits per heavy atom. The molecule has 100 valence electrons. The van der Waals surface area contributed by atoms with Gasteiger partial charge >= 0.3 is 5.97 Å². The molecule has 0 aliphatic heterocycles. The van der Waals surface area contributed by atoms with Crippen LogP contribution in [0.25, 0.3) is 11.0 Å². The quantitative estimate of drug-likeness (QED) is 0.932. The second kappa shape index (κ2) is 4.56. The van der Waals surface area contributed by atoms with E-state index in [2.05, 4.69) is 15.8 Å². The van der Waals surface area contributed by atoms with Gasteiger partial charge in [-0.05, 0) is 37.3 Å². The van der Waals surface area contributed by atoms with Gasteiger partial charge in [0.15, 0.2) is 0 Å². The van der Waals surface area contributed by atoms with E-state index in [9.17, 15) is 4.79 Å². The molecule has 1 heterocycles. The monoisotopic (exact) mass is 276 g/mol. The van der Waals surface area contributed by atoms with Crippen molar-refractivity contribution in [1.82, 2.24) is 9.55 Å². The molecule has 1 fully saturated rings. The van der Waals surface area contributed by atoms with Crippen LogP contribution < -0.4 is 0 Å². The summed E-state index contributed by atoms with van der Waals surface area (Å²) in [6, 6.07) is 5.15. The van der Waals surface area contributed by atoms with Crippen LogP contribution in [0.1, 0.15) is 29.6 Å². The molecule has 5 heteroatoms. The van der Waals surface area contributed by atoms with Crippen LogP contribution in [0.3, 0.4) is 0 Å². The van der Waals surface area contributed by atoms with Crippen LogP contribution in [0, 0.1) is 0 Å². The highest BCUT2D eigenvalue weighted by atomic mass is 32.2. The van der Waals surface area contributed by atoms with Gasteiger partial charge in [0, 0.05) is 11.3 Å². The highest BCUT2D eigenvalue weighted by Crippen LogP contribution is 2.44. The van der Waals surface area contributed by atoms with E-state index in [0.29, 0.717) is 10.3 Å². The lowest BCUT2D eigenvalue weighted by Gasteiger charge is -2.40. The largest absolute Gasteiger partial charge is 0.478 e. The van der Waals surface area contributed by atoms with Gasteiger partial charge in [0.1, 0.15) is 0 Å². The lowest BCUT2D eigenvalue weighted by molar-refractivity contribution is 0.0697. The number of carboxylic acid groups (broad SMARTS) is 1. The van der Waals surface area contributed by atoms with E-state index in [1.54, 1.807) is 12.1 Å². The molecule has 0 spiro atoms. The minimum absolute atomic E-state index is 0.293. The number of nitrogens with zero attached hydrogens (tertiary/aromatic N) is 2. The van der Waals surface area contributed by atoms with Crippen molar-refractivity contribution in [2.45, 2.75) is 30.6 Å². The second-order valence-electron chi connectivity index (χ2n) is 5.12. The first-order valence-electron chi connectivity index (χ1n) is 6.37. The first-order valence-corrected chi connectivity index (χ1v) is 7.59. The van der Waals surface area contributed by atoms with Crippen LogP contribution in [0.2, 0.25) is 0 Å². The van der Waals surface area contributed by atoms with Crippen molar-refractivity contribution >= 4 is 28.8 Å². The molecule has 1 N–H and O–H groups in total. The molecule has 2 aromatic rings. The maximum absolute atomic E-state index is 10.9. The molecule has 0 radical (unpaired) electrons. The Hall–Kier alpha value is -1.49. The summed E-state index contributed by atoms with van der Waals surface area (Å²) in [7, 11) is 0. The van der Waals surface area contributed by atoms with Crippen molar-refractivity contribution in [2.75, 3.05) is 6.26 Å². The summed E-state index contributed by atoms with van der Waals surface area (Å²) < 4.78 is 2.50. The van der Waals surface area contributed by atoms with Gasteiger partial charge in [-0.3, -0.25) is 0 Å². The summed E-state index contributed by atoms with van der Waals surface area (Å²) in [5, 5.41) is 8.98. The van der Waals surface area contributed by atoms with E-state index in [4.69, 9.17) is 5.11 Å². The maximum Gasteiger partial charge on any atom is 0.335 e. The minimum Gasteiger partial charge on any atom is -0.478 e. The number of imidazole rings is 1. The number of carboxylic acids is 1. The molecule has 3 rings (SSSR count). The van der Waals surface area contributed by atoms with Crippen molar-refractivity contribution in [3.63, 3.8) is 0 Å². The average Bonchev–Trinajstić information content (AvgIpc) is 2.76. The SMILES string of the molecule is CSC1(Cn2cnc3cc(C(=O)O)ccc32)CCC1. The standard InChI is InChI=1S/C14H16N2O2S/c1-19-14(5-2-6-14)8-16-9-15-11-7-10(13(17)18)3-4-12(11)16/h3-4,7,9H,2,5-6,8H2,1H3,(H,17,18). The summed E-state index contributed by atoms with van der Waals surface area (Å²) in [5.41, 5.74) is 2.07. The van der Waals surface area contributed by atoms with E-state index < -0.39 is 5.97 Å². The van der Waals surface area contributed by atoms with Crippen molar-refractivity contribution in [3.8, 4) is 0 Å². The third-order valence-corrected chi connectivity index (χ3v) is 5.43. The molecular formula is C14H16N2O2S. The second-order valence-corrected chi connectivity index (χ2v) is 6.40. The van der Waals surface area contributed by atoms with Gasteiger partial charge in [0.25, 0.3) is 0 Å². The Morgan fingerprint density at radius 2 is 2.32 bits per heavy atom. The molecule has 19 heavy (non-hydrogen) atoms. The van der Waals surface area contributed by atoms with Crippen molar-refractivity contribution in [1.29, 1.82) is 0 Å². The molecule has 0 saturated heterocycles. The van der Waals surface area contributed by atoms with E-state index in [1.165, 1.54) is 19.3 Å². The smallest absolute Gasteiger partial charge is 0.335 e. The summed E-state index contributed by atoms with van der Waals surface area (Å²) in [4.78, 5) is 15.3. The van der Waals surface area contributed by atoms with Gasteiger partial charge in [-0.1, -0.05) is 6.42 Å². The minimum atomic E-state index is -0.906. The number of benzene rings is 1. The van der Waals surface area contributed by atoms with Crippen LogP contribution in [0.5, 0.6) is 0 Å². The van der Waals surface area contributed by atoms with Gasteiger partial charge in [-0.2, -0.15) is 11.8 Å². The number of hydrogen-bond acceptors (Lipinski definition) is 3. The first-order chi connectivity index (χ1) is 9.13. The van der Waals surface area contributed by atoms with E-state index in [-0.39, 0.29) is 0 Å². The zero-order valence-corrected chi connectivity index (χ0v) is 11.6. The Kier molecular flexibility index (Phi) is 3.01. The lowest BCUT2D eigenvalue weighted by atomic mass is 9.84. The lowest BCUT2D eigenvalue weighted by Crippen LogP contribution is -2.37. The molecular weight excluding hydrogens is 260 g/mol. The fourth-order valence-electron chi connectivity index (χ4n) is 2.63. The van der Waals surface area contributed by atoms with Crippen LogP contribution in [0.15, 0.2) is 24.5 Å². The van der Waals surface area contributed by atoms with Gasteiger partial charge in [-0.25, -0.2) is 9.78 Å². The van der Waals surface area contributed by atoms with Crippen molar-refractivity contribution in [2.24, 2.45) is 0 Å². The van der Waals surface area contributed by atoms with Gasteiger partial charge in [0.05, 0.1) is 22.9 Å². The van der Waals surface area contributed by atoms with E-state index >= 15 is 0 Å². The molecule has 4 nitrogen and oxygen atoms in total. The topological polar surface area (TPSA) is 55.1 Å². The Morgan fingerprint density at radius 3 is 2.89 bits per heavy atom. The number of aromatic carboxylic acids is 1. The van der Waals surface area contributed by atoms with Crippen LogP contribution in [-0.4, -0.2) is 31.6 Å². The highest BCUT2D eigenvalue weighted by Gasteiger charge is 2.36. The number of fused-ring (bicyclic) bond motifs is 1. The molecule has 1 aliphatic rings. The van der Waals surface area contributed by atoms with Crippen LogP contribution >= 0.6 is 11.8 Å². The van der Waals surface area contributed by atoms with Crippen LogP contribution in [0.4, 0.5) is 0 Å². The number of rotatable bonds is 4. The third-order valence-electron chi connectivity index (χ3n) is 4.02. The fourth-order valence-corrected chi connectivity index (χ4v) is 3.60. The molecule has 1 aromatic carbocycles. The predicted octanol–water partition coefficient (Wildman–Crippen LogP) is 3.02. The fraction of sp³-hybridized carbons (Fsp3) is 0.429. The summed E-state index contributed by atoms with van der Waals surface area (Å²) in [6.45, 7) is 0.955. The Bertz CT molecular complexity index is 626. The Labute approximate surface area is 115 Å². The summed E-state index contributed by atoms with van der Waals surface area (Å²) >= 11 is 1.93. The molecule has 0 bridgehead atoms. The molecule has 1 aromatic heterocycles. The number of aromatic nitrogens is 2. The van der Waals surface area contributed by atoms with Gasteiger partial charge < -0.3 is 9.67 Å². The third kappa shape index (κ3) is 2.12. The number of hydrogen-bond donors (Lipinski definition) is 1. The Balaban J connectivity index is 1.95. The normalized spacial score (nSPS) is 17.3. The van der Waals surface area contributed by atoms with E-state index in [0.717, 1.165) is 17.6 Å². The molecule has 0 amide bonds. The molecule has 1 saturated carbocycles. The number of thioether (sulfide) groups is 1. The van der Waals surface area contributed by atoms with Crippen LogP contribution in [-0.2, 0) is 6.54 Å². The van der Waals surface area contributed by atoms with Crippen molar-refractivity contribution < 1.29 is 9.90 Å². The van der Waals surface area contributed by atoms with E-state index in [1.807, 2.05) is 24.2 Å². The van der Waals surface area contributed by atoms with Gasteiger partial charge in [-0.15, -0.1) is 0 Å². The average molecular weight is 276 g/mol. The van der Waals surface area contributed by atoms with Crippen molar-refractivity contribution in [3.05, 3.63) is 30.1 Å². The zero-order chi connectivity index (χ0) is 13.5.